The van der Waals surface area contributed by atoms with Crippen molar-refractivity contribution in [2.45, 2.75) is 0 Å². The van der Waals surface area contributed by atoms with Crippen molar-refractivity contribution in [2.24, 2.45) is 0 Å². The van der Waals surface area contributed by atoms with E-state index in [9.17, 15) is 4.79 Å². The van der Waals surface area contributed by atoms with Crippen molar-refractivity contribution in [1.82, 2.24) is 10.2 Å². The summed E-state index contributed by atoms with van der Waals surface area (Å²) in [7, 11) is 0. The Morgan fingerprint density at radius 3 is 2.44 bits per heavy atom. The van der Waals surface area contributed by atoms with Crippen molar-refractivity contribution < 1.29 is 9.53 Å². The molecule has 4 nitrogen and oxygen atoms in total. The van der Waals surface area contributed by atoms with Gasteiger partial charge in [0.15, 0.2) is 0 Å². The van der Waals surface area contributed by atoms with Crippen LogP contribution in [0.1, 0.15) is 0 Å². The van der Waals surface area contributed by atoms with Crippen LogP contribution in [0.2, 0.25) is 0 Å². The molecule has 2 rings (SSSR count). The number of carbonyl (C=O) groups is 1. The van der Waals surface area contributed by atoms with Crippen molar-refractivity contribution in [3.8, 4) is 5.75 Å². The number of piperazine rings is 1. The van der Waals surface area contributed by atoms with Crippen LogP contribution in [0.25, 0.3) is 0 Å². The molecule has 0 unspecified atom stereocenters. The Kier molecular flexibility index (Phi) is 5.08. The second-order valence-corrected chi connectivity index (χ2v) is 3.42. The first-order chi connectivity index (χ1) is 7.36. The van der Waals surface area contributed by atoms with Crippen LogP contribution in [-0.2, 0) is 0 Å². The third-order valence-corrected chi connectivity index (χ3v) is 2.32. The highest BCUT2D eigenvalue weighted by atomic mass is 35.5. The minimum Gasteiger partial charge on any atom is -0.410 e. The molecule has 16 heavy (non-hydrogen) atoms. The van der Waals surface area contributed by atoms with Crippen LogP contribution in [-0.4, -0.2) is 37.2 Å². The molecule has 0 spiro atoms. The minimum absolute atomic E-state index is 0. The Bertz CT molecular complexity index is 326. The number of benzene rings is 1. The number of hydrogen-bond acceptors (Lipinski definition) is 3. The van der Waals surface area contributed by atoms with E-state index in [0.717, 1.165) is 13.1 Å². The van der Waals surface area contributed by atoms with Crippen LogP contribution in [0, 0.1) is 0 Å². The molecule has 1 aromatic carbocycles. The maximum Gasteiger partial charge on any atom is 0.415 e. The largest absolute Gasteiger partial charge is 0.415 e. The number of nitrogens with zero attached hydrogens (tertiary/aromatic N) is 1. The molecule has 1 fully saturated rings. The van der Waals surface area contributed by atoms with Crippen LogP contribution >= 0.6 is 12.4 Å². The first-order valence-corrected chi connectivity index (χ1v) is 5.09. The predicted molar refractivity (Wildman–Crippen MR) is 64.2 cm³/mol. The summed E-state index contributed by atoms with van der Waals surface area (Å²) >= 11 is 0. The topological polar surface area (TPSA) is 41.6 Å². The number of hydrogen-bond donors (Lipinski definition) is 1. The highest BCUT2D eigenvalue weighted by Gasteiger charge is 2.17. The molecule has 0 aromatic heterocycles. The summed E-state index contributed by atoms with van der Waals surface area (Å²) in [6, 6.07) is 9.14. The van der Waals surface area contributed by atoms with Gasteiger partial charge in [0.2, 0.25) is 0 Å². The highest BCUT2D eigenvalue weighted by Crippen LogP contribution is 2.10. The Morgan fingerprint density at radius 2 is 1.81 bits per heavy atom. The Morgan fingerprint density at radius 1 is 1.19 bits per heavy atom. The monoisotopic (exact) mass is 242 g/mol. The fourth-order valence-electron chi connectivity index (χ4n) is 1.50. The highest BCUT2D eigenvalue weighted by molar-refractivity contribution is 5.85. The van der Waals surface area contributed by atoms with Gasteiger partial charge >= 0.3 is 6.09 Å². The number of amides is 1. The molecule has 0 aliphatic carbocycles. The van der Waals surface area contributed by atoms with Gasteiger partial charge < -0.3 is 15.0 Å². The number of ether oxygens (including phenoxy) is 1. The van der Waals surface area contributed by atoms with Gasteiger partial charge in [-0.25, -0.2) is 4.79 Å². The van der Waals surface area contributed by atoms with Gasteiger partial charge in [-0.3, -0.25) is 0 Å². The zero-order valence-corrected chi connectivity index (χ0v) is 9.70. The maximum absolute atomic E-state index is 11.6. The van der Waals surface area contributed by atoms with E-state index in [2.05, 4.69) is 5.32 Å². The Labute approximate surface area is 101 Å². The molecule has 5 heteroatoms. The fraction of sp³-hybridized carbons (Fsp3) is 0.364. The molecule has 0 radical (unpaired) electrons. The van der Waals surface area contributed by atoms with Gasteiger partial charge in [-0.1, -0.05) is 18.2 Å². The molecule has 1 aliphatic heterocycles. The molecule has 1 N–H and O–H groups in total. The SMILES string of the molecule is Cl.O=C(Oc1ccccc1)N1CCNCC1. The maximum atomic E-state index is 11.6. The minimum atomic E-state index is -0.261. The lowest BCUT2D eigenvalue weighted by Crippen LogP contribution is -2.47. The van der Waals surface area contributed by atoms with Crippen molar-refractivity contribution in [2.75, 3.05) is 26.2 Å². The number of para-hydroxylation sites is 1. The van der Waals surface area contributed by atoms with E-state index in [1.165, 1.54) is 0 Å². The van der Waals surface area contributed by atoms with Gasteiger partial charge in [-0.15, -0.1) is 12.4 Å². The van der Waals surface area contributed by atoms with E-state index >= 15 is 0 Å². The summed E-state index contributed by atoms with van der Waals surface area (Å²) in [5, 5.41) is 3.18. The average Bonchev–Trinajstić information content (AvgIpc) is 2.31. The second kappa shape index (κ2) is 6.35. The summed E-state index contributed by atoms with van der Waals surface area (Å²) in [5.74, 6) is 0.598. The van der Waals surface area contributed by atoms with Crippen molar-refractivity contribution in [3.63, 3.8) is 0 Å². The lowest BCUT2D eigenvalue weighted by Gasteiger charge is -2.26. The summed E-state index contributed by atoms with van der Waals surface area (Å²) in [4.78, 5) is 13.4. The summed E-state index contributed by atoms with van der Waals surface area (Å²) in [6.45, 7) is 3.10. The average molecular weight is 243 g/mol. The third-order valence-electron chi connectivity index (χ3n) is 2.32. The van der Waals surface area contributed by atoms with Gasteiger partial charge in [0.05, 0.1) is 0 Å². The van der Waals surface area contributed by atoms with Crippen molar-refractivity contribution in [1.29, 1.82) is 0 Å². The molecule has 88 valence electrons. The summed E-state index contributed by atoms with van der Waals surface area (Å²) in [6.07, 6.45) is -0.261. The number of halogens is 1. The smallest absolute Gasteiger partial charge is 0.410 e. The van der Waals surface area contributed by atoms with Crippen molar-refractivity contribution >= 4 is 18.5 Å². The molecule has 0 saturated carbocycles. The van der Waals surface area contributed by atoms with E-state index < -0.39 is 0 Å². The normalized spacial score (nSPS) is 15.1. The molecule has 1 aromatic rings. The Hall–Kier alpha value is -1.26. The molecule has 1 aliphatic rings. The predicted octanol–water partition coefficient (Wildman–Crippen LogP) is 1.51. The quantitative estimate of drug-likeness (QED) is 0.812. The lowest BCUT2D eigenvalue weighted by atomic mass is 10.3. The zero-order chi connectivity index (χ0) is 10.5. The van der Waals surface area contributed by atoms with E-state index in [1.807, 2.05) is 18.2 Å². The molecule has 1 saturated heterocycles. The summed E-state index contributed by atoms with van der Waals surface area (Å²) in [5.41, 5.74) is 0. The van der Waals surface area contributed by atoms with E-state index in [-0.39, 0.29) is 18.5 Å². The van der Waals surface area contributed by atoms with Gasteiger partial charge in [0.1, 0.15) is 5.75 Å². The second-order valence-electron chi connectivity index (χ2n) is 3.42. The van der Waals surface area contributed by atoms with Crippen LogP contribution in [0.4, 0.5) is 4.79 Å². The summed E-state index contributed by atoms with van der Waals surface area (Å²) < 4.78 is 5.21. The molecule has 1 heterocycles. The van der Waals surface area contributed by atoms with Gasteiger partial charge in [-0.05, 0) is 12.1 Å². The van der Waals surface area contributed by atoms with Crippen molar-refractivity contribution in [3.05, 3.63) is 30.3 Å². The molecule has 0 atom stereocenters. The van der Waals surface area contributed by atoms with E-state index in [4.69, 9.17) is 4.74 Å². The third kappa shape index (κ3) is 3.40. The fourth-order valence-corrected chi connectivity index (χ4v) is 1.50. The van der Waals surface area contributed by atoms with Crippen LogP contribution < -0.4 is 10.1 Å². The standard InChI is InChI=1S/C11H14N2O2.ClH/c14-11(13-8-6-12-7-9-13)15-10-4-2-1-3-5-10;/h1-5,12H,6-9H2;1H. The van der Waals surface area contributed by atoms with Crippen LogP contribution in [0.5, 0.6) is 5.75 Å². The zero-order valence-electron chi connectivity index (χ0n) is 8.89. The molecular formula is C11H15ClN2O2. The lowest BCUT2D eigenvalue weighted by molar-refractivity contribution is 0.146. The van der Waals surface area contributed by atoms with Gasteiger partial charge in [0, 0.05) is 26.2 Å². The van der Waals surface area contributed by atoms with Gasteiger partial charge in [-0.2, -0.15) is 0 Å². The molecule has 1 amide bonds. The number of nitrogens with one attached hydrogen (secondary N) is 1. The molecular weight excluding hydrogens is 228 g/mol. The van der Waals surface area contributed by atoms with E-state index in [0.29, 0.717) is 18.8 Å². The first-order valence-electron chi connectivity index (χ1n) is 5.09. The van der Waals surface area contributed by atoms with Crippen LogP contribution in [0.15, 0.2) is 30.3 Å². The van der Waals surface area contributed by atoms with E-state index in [1.54, 1.807) is 17.0 Å². The number of rotatable bonds is 1. The first kappa shape index (κ1) is 12.8. The molecule has 0 bridgehead atoms. The Balaban J connectivity index is 0.00000128. The number of carbonyl (C=O) groups excluding carboxylic acids is 1. The van der Waals surface area contributed by atoms with Gasteiger partial charge in [0.25, 0.3) is 0 Å². The van der Waals surface area contributed by atoms with Crippen LogP contribution in [0.3, 0.4) is 0 Å².